The SMILES string of the molecule is Cc1n2c3ccccc3n(C)c2c[n+]1C. The third-order valence-electron chi connectivity index (χ3n) is 3.20. The number of aromatic nitrogens is 3. The van der Waals surface area contributed by atoms with Crippen LogP contribution in [0.15, 0.2) is 30.5 Å². The third kappa shape index (κ3) is 0.923. The number of aryl methyl sites for hydroxylation is 3. The summed E-state index contributed by atoms with van der Waals surface area (Å²) in [6.45, 7) is 2.14. The van der Waals surface area contributed by atoms with Gasteiger partial charge in [0.25, 0.3) is 5.82 Å². The Morgan fingerprint density at radius 2 is 1.80 bits per heavy atom. The third-order valence-corrected chi connectivity index (χ3v) is 3.20. The maximum absolute atomic E-state index is 2.29. The molecule has 2 heterocycles. The molecule has 3 heteroatoms. The summed E-state index contributed by atoms with van der Waals surface area (Å²) < 4.78 is 6.67. The lowest BCUT2D eigenvalue weighted by molar-refractivity contribution is -0.676. The molecule has 1 aromatic carbocycles. The van der Waals surface area contributed by atoms with E-state index >= 15 is 0 Å². The summed E-state index contributed by atoms with van der Waals surface area (Å²) in [6, 6.07) is 8.48. The Kier molecular flexibility index (Phi) is 1.49. The Morgan fingerprint density at radius 1 is 1.13 bits per heavy atom. The van der Waals surface area contributed by atoms with E-state index in [-0.39, 0.29) is 0 Å². The van der Waals surface area contributed by atoms with Gasteiger partial charge in [-0.3, -0.25) is 0 Å². The van der Waals surface area contributed by atoms with Crippen LogP contribution >= 0.6 is 0 Å². The van der Waals surface area contributed by atoms with Crippen molar-refractivity contribution in [2.24, 2.45) is 14.1 Å². The lowest BCUT2D eigenvalue weighted by atomic mass is 10.3. The predicted molar refractivity (Wildman–Crippen MR) is 59.8 cm³/mol. The second-order valence-electron chi connectivity index (χ2n) is 4.03. The smallest absolute Gasteiger partial charge is 0.260 e. The first-order valence-corrected chi connectivity index (χ1v) is 5.11. The lowest BCUT2D eigenvalue weighted by Crippen LogP contribution is -2.28. The molecule has 0 unspecified atom stereocenters. The number of nitrogens with zero attached hydrogens (tertiary/aromatic N) is 3. The zero-order chi connectivity index (χ0) is 10.6. The minimum Gasteiger partial charge on any atom is -0.305 e. The van der Waals surface area contributed by atoms with Crippen LogP contribution < -0.4 is 4.57 Å². The number of para-hydroxylation sites is 2. The minimum absolute atomic E-state index is 1.23. The van der Waals surface area contributed by atoms with Gasteiger partial charge in [0, 0.05) is 14.0 Å². The van der Waals surface area contributed by atoms with E-state index in [1.807, 2.05) is 0 Å². The van der Waals surface area contributed by atoms with Gasteiger partial charge in [-0.2, -0.15) is 4.40 Å². The largest absolute Gasteiger partial charge is 0.305 e. The molecule has 3 aromatic rings. The van der Waals surface area contributed by atoms with Gasteiger partial charge >= 0.3 is 0 Å². The van der Waals surface area contributed by atoms with Gasteiger partial charge in [0.05, 0.1) is 12.6 Å². The lowest BCUT2D eigenvalue weighted by Gasteiger charge is -1.91. The second kappa shape index (κ2) is 2.63. The zero-order valence-corrected chi connectivity index (χ0v) is 9.23. The summed E-state index contributed by atoms with van der Waals surface area (Å²) in [6.07, 6.45) is 2.16. The summed E-state index contributed by atoms with van der Waals surface area (Å²) >= 11 is 0. The molecule has 0 aliphatic heterocycles. The standard InChI is InChI=1S/C12H14N3/c1-9-13(2)8-12-14(3)10-6-4-5-7-11(10)15(9)12/h4-8H,1-3H3/q+1. The van der Waals surface area contributed by atoms with E-state index in [0.29, 0.717) is 0 Å². The van der Waals surface area contributed by atoms with Crippen molar-refractivity contribution in [2.75, 3.05) is 0 Å². The Labute approximate surface area is 88.2 Å². The number of hydrogen-bond acceptors (Lipinski definition) is 0. The zero-order valence-electron chi connectivity index (χ0n) is 9.23. The first kappa shape index (κ1) is 8.53. The quantitative estimate of drug-likeness (QED) is 0.489. The fourth-order valence-electron chi connectivity index (χ4n) is 2.24. The van der Waals surface area contributed by atoms with Crippen molar-refractivity contribution in [1.29, 1.82) is 0 Å². The molecule has 2 aromatic heterocycles. The van der Waals surface area contributed by atoms with Gasteiger partial charge < -0.3 is 4.57 Å². The molecule has 0 saturated carbocycles. The molecule has 0 atom stereocenters. The van der Waals surface area contributed by atoms with Crippen LogP contribution in [0.1, 0.15) is 5.82 Å². The van der Waals surface area contributed by atoms with Crippen molar-refractivity contribution >= 4 is 16.7 Å². The van der Waals surface area contributed by atoms with E-state index in [2.05, 4.69) is 65.0 Å². The molecule has 0 N–H and O–H groups in total. The minimum atomic E-state index is 1.23. The molecule has 0 bridgehead atoms. The van der Waals surface area contributed by atoms with E-state index < -0.39 is 0 Å². The van der Waals surface area contributed by atoms with Gasteiger partial charge in [0.2, 0.25) is 5.65 Å². The molecule has 76 valence electrons. The fraction of sp³-hybridized carbons (Fsp3) is 0.250. The van der Waals surface area contributed by atoms with Crippen LogP contribution in [0.25, 0.3) is 16.7 Å². The topological polar surface area (TPSA) is 13.2 Å². The van der Waals surface area contributed by atoms with Crippen molar-refractivity contribution in [3.63, 3.8) is 0 Å². The molecule has 0 amide bonds. The second-order valence-corrected chi connectivity index (χ2v) is 4.03. The molecular weight excluding hydrogens is 186 g/mol. The van der Waals surface area contributed by atoms with E-state index in [4.69, 9.17) is 0 Å². The van der Waals surface area contributed by atoms with E-state index in [0.717, 1.165) is 0 Å². The average molecular weight is 200 g/mol. The van der Waals surface area contributed by atoms with Crippen LogP contribution in [-0.4, -0.2) is 8.97 Å². The summed E-state index contributed by atoms with van der Waals surface area (Å²) in [5.74, 6) is 1.25. The Balaban J connectivity index is 2.68. The normalized spacial score (nSPS) is 11.7. The van der Waals surface area contributed by atoms with Crippen molar-refractivity contribution in [3.05, 3.63) is 36.3 Å². The van der Waals surface area contributed by atoms with Crippen LogP contribution in [0, 0.1) is 6.92 Å². The number of rotatable bonds is 0. The van der Waals surface area contributed by atoms with E-state index in [1.165, 1.54) is 22.5 Å². The molecule has 0 saturated heterocycles. The van der Waals surface area contributed by atoms with Crippen molar-refractivity contribution in [1.82, 2.24) is 8.97 Å². The molecule has 0 fully saturated rings. The fourth-order valence-corrected chi connectivity index (χ4v) is 2.24. The number of benzene rings is 1. The summed E-state index contributed by atoms with van der Waals surface area (Å²) in [5, 5.41) is 0. The van der Waals surface area contributed by atoms with Crippen molar-refractivity contribution in [3.8, 4) is 0 Å². The molecule has 3 rings (SSSR count). The highest BCUT2D eigenvalue weighted by atomic mass is 15.2. The van der Waals surface area contributed by atoms with Gasteiger partial charge in [-0.05, 0) is 12.1 Å². The van der Waals surface area contributed by atoms with E-state index in [9.17, 15) is 0 Å². The molecule has 3 nitrogen and oxygen atoms in total. The van der Waals surface area contributed by atoms with Gasteiger partial charge in [-0.25, -0.2) is 4.57 Å². The summed E-state index contributed by atoms with van der Waals surface area (Å²) in [5.41, 5.74) is 3.78. The van der Waals surface area contributed by atoms with Gasteiger partial charge in [0.15, 0.2) is 11.7 Å². The maximum atomic E-state index is 2.29. The summed E-state index contributed by atoms with van der Waals surface area (Å²) in [7, 11) is 4.19. The van der Waals surface area contributed by atoms with Gasteiger partial charge in [-0.1, -0.05) is 12.1 Å². The van der Waals surface area contributed by atoms with Crippen LogP contribution in [-0.2, 0) is 14.1 Å². The monoisotopic (exact) mass is 200 g/mol. The highest BCUT2D eigenvalue weighted by molar-refractivity contribution is 5.81. The number of hydrogen-bond donors (Lipinski definition) is 0. The van der Waals surface area contributed by atoms with Crippen molar-refractivity contribution < 1.29 is 4.57 Å². The highest BCUT2D eigenvalue weighted by Gasteiger charge is 2.18. The predicted octanol–water partition coefficient (Wildman–Crippen LogP) is 1.56. The van der Waals surface area contributed by atoms with Crippen molar-refractivity contribution in [2.45, 2.75) is 6.92 Å². The Morgan fingerprint density at radius 3 is 2.53 bits per heavy atom. The molecule has 15 heavy (non-hydrogen) atoms. The molecule has 0 aliphatic carbocycles. The van der Waals surface area contributed by atoms with Crippen LogP contribution in [0.3, 0.4) is 0 Å². The van der Waals surface area contributed by atoms with Crippen LogP contribution in [0.4, 0.5) is 0 Å². The first-order chi connectivity index (χ1) is 7.20. The molecule has 0 radical (unpaired) electrons. The maximum Gasteiger partial charge on any atom is 0.260 e. The van der Waals surface area contributed by atoms with Gasteiger partial charge in [-0.15, -0.1) is 0 Å². The van der Waals surface area contributed by atoms with E-state index in [1.54, 1.807) is 0 Å². The first-order valence-electron chi connectivity index (χ1n) is 5.11. The number of imidazole rings is 2. The van der Waals surface area contributed by atoms with Crippen LogP contribution in [0.2, 0.25) is 0 Å². The molecule has 0 spiro atoms. The average Bonchev–Trinajstić information content (AvgIpc) is 2.68. The Bertz CT molecular complexity index is 658. The number of fused-ring (bicyclic) bond motifs is 3. The Hall–Kier alpha value is -1.77. The highest BCUT2D eigenvalue weighted by Crippen LogP contribution is 2.19. The summed E-state index contributed by atoms with van der Waals surface area (Å²) in [4.78, 5) is 0. The van der Waals surface area contributed by atoms with Crippen LogP contribution in [0.5, 0.6) is 0 Å². The molecular formula is C12H14N3+. The molecule has 0 aliphatic rings. The van der Waals surface area contributed by atoms with Gasteiger partial charge in [0.1, 0.15) is 0 Å².